The molecule has 0 bridgehead atoms. The Kier molecular flexibility index (Phi) is 2.02. The molecule has 2 aromatic rings. The first kappa shape index (κ1) is 8.50. The molecule has 2 rings (SSSR count). The zero-order valence-corrected chi connectivity index (χ0v) is 7.19. The summed E-state index contributed by atoms with van der Waals surface area (Å²) in [4.78, 5) is 22.7. The fraction of sp³-hybridized carbons (Fsp3) is 0. The lowest BCUT2D eigenvalue weighted by molar-refractivity contribution is 0.103. The average molecular weight is 189 g/mol. The fourth-order valence-electron chi connectivity index (χ4n) is 1.15. The molecule has 1 aromatic heterocycles. The molecule has 0 amide bonds. The van der Waals surface area contributed by atoms with Crippen LogP contribution >= 0.6 is 0 Å². The third-order valence-corrected chi connectivity index (χ3v) is 1.85. The van der Waals surface area contributed by atoms with Gasteiger partial charge in [-0.05, 0) is 0 Å². The van der Waals surface area contributed by atoms with Gasteiger partial charge in [0.15, 0.2) is 0 Å². The van der Waals surface area contributed by atoms with Gasteiger partial charge in [0.25, 0.3) is 5.56 Å². The van der Waals surface area contributed by atoms with Gasteiger partial charge in [-0.15, -0.1) is 0 Å². The molecule has 0 spiro atoms. The summed E-state index contributed by atoms with van der Waals surface area (Å²) in [7, 11) is 0. The number of aromatic amines is 1. The molecule has 0 saturated heterocycles. The summed E-state index contributed by atoms with van der Waals surface area (Å²) in [6.45, 7) is 0. The summed E-state index contributed by atoms with van der Waals surface area (Å²) in [6, 6.07) is 8.57. The standard InChI is InChI=1S/C10H7NO3/c12-9(7-4-2-1-3-5-7)8-6-14-11-10(8)13/h1-6H,(H,11,13). The molecule has 0 atom stereocenters. The molecule has 0 fully saturated rings. The van der Waals surface area contributed by atoms with Crippen molar-refractivity contribution in [2.75, 3.05) is 0 Å². The predicted octanol–water partition coefficient (Wildman–Crippen LogP) is 1.20. The SMILES string of the molecule is O=C(c1ccccc1)c1co[nH]c1=O. The van der Waals surface area contributed by atoms with Crippen LogP contribution in [0.15, 0.2) is 45.9 Å². The monoisotopic (exact) mass is 189 g/mol. The molecule has 4 nitrogen and oxygen atoms in total. The summed E-state index contributed by atoms with van der Waals surface area (Å²) in [6.07, 6.45) is 1.12. The van der Waals surface area contributed by atoms with Crippen molar-refractivity contribution in [2.45, 2.75) is 0 Å². The number of rotatable bonds is 2. The minimum absolute atomic E-state index is 0.0243. The maximum atomic E-state index is 11.6. The number of ketones is 1. The van der Waals surface area contributed by atoms with E-state index in [2.05, 4.69) is 9.68 Å². The zero-order valence-electron chi connectivity index (χ0n) is 7.19. The molecule has 1 aromatic carbocycles. The lowest BCUT2D eigenvalue weighted by Crippen LogP contribution is -2.12. The van der Waals surface area contributed by atoms with Crippen LogP contribution in [0, 0.1) is 0 Å². The van der Waals surface area contributed by atoms with Gasteiger partial charge in [0, 0.05) is 5.56 Å². The summed E-state index contributed by atoms with van der Waals surface area (Å²) < 4.78 is 4.53. The van der Waals surface area contributed by atoms with Crippen molar-refractivity contribution in [3.63, 3.8) is 0 Å². The van der Waals surface area contributed by atoms with Gasteiger partial charge >= 0.3 is 0 Å². The van der Waals surface area contributed by atoms with Crippen LogP contribution in [0.2, 0.25) is 0 Å². The highest BCUT2D eigenvalue weighted by atomic mass is 16.5. The Morgan fingerprint density at radius 2 is 1.93 bits per heavy atom. The summed E-state index contributed by atoms with van der Waals surface area (Å²) >= 11 is 0. The molecule has 0 aliphatic rings. The Labute approximate surface area is 79.1 Å². The van der Waals surface area contributed by atoms with Gasteiger partial charge in [-0.3, -0.25) is 9.59 Å². The van der Waals surface area contributed by atoms with E-state index in [1.54, 1.807) is 30.3 Å². The summed E-state index contributed by atoms with van der Waals surface area (Å²) in [5, 5.41) is 2.07. The Balaban J connectivity index is 2.44. The molecular formula is C10H7NO3. The first-order chi connectivity index (χ1) is 6.79. The Morgan fingerprint density at radius 3 is 2.50 bits per heavy atom. The van der Waals surface area contributed by atoms with E-state index in [9.17, 15) is 9.59 Å². The number of benzene rings is 1. The number of hydrogen-bond acceptors (Lipinski definition) is 3. The average Bonchev–Trinajstić information content (AvgIpc) is 2.65. The van der Waals surface area contributed by atoms with E-state index >= 15 is 0 Å². The molecule has 0 saturated carbocycles. The van der Waals surface area contributed by atoms with Crippen molar-refractivity contribution in [3.8, 4) is 0 Å². The van der Waals surface area contributed by atoms with E-state index in [-0.39, 0.29) is 11.3 Å². The molecule has 1 N–H and O–H groups in total. The van der Waals surface area contributed by atoms with Crippen LogP contribution in [-0.2, 0) is 0 Å². The maximum Gasteiger partial charge on any atom is 0.291 e. The zero-order chi connectivity index (χ0) is 9.97. The van der Waals surface area contributed by atoms with Crippen LogP contribution < -0.4 is 5.56 Å². The molecule has 0 aliphatic heterocycles. The van der Waals surface area contributed by atoms with Crippen molar-refractivity contribution >= 4 is 5.78 Å². The topological polar surface area (TPSA) is 63.1 Å². The van der Waals surface area contributed by atoms with Crippen LogP contribution in [-0.4, -0.2) is 10.9 Å². The normalized spacial score (nSPS) is 10.0. The Morgan fingerprint density at radius 1 is 1.21 bits per heavy atom. The second-order valence-electron chi connectivity index (χ2n) is 2.78. The maximum absolute atomic E-state index is 11.6. The summed E-state index contributed by atoms with van der Waals surface area (Å²) in [5.74, 6) is -0.333. The minimum Gasteiger partial charge on any atom is -0.386 e. The molecule has 70 valence electrons. The first-order valence-corrected chi connectivity index (χ1v) is 4.05. The van der Waals surface area contributed by atoms with E-state index < -0.39 is 5.56 Å². The van der Waals surface area contributed by atoms with Crippen molar-refractivity contribution < 1.29 is 9.32 Å². The highest BCUT2D eigenvalue weighted by Crippen LogP contribution is 2.04. The van der Waals surface area contributed by atoms with Crippen LogP contribution in [0.3, 0.4) is 0 Å². The Bertz CT molecular complexity index is 495. The lowest BCUT2D eigenvalue weighted by Gasteiger charge is -1.94. The highest BCUT2D eigenvalue weighted by molar-refractivity contribution is 6.08. The van der Waals surface area contributed by atoms with Gasteiger partial charge in [-0.25, -0.2) is 0 Å². The van der Waals surface area contributed by atoms with Crippen molar-refractivity contribution in [1.82, 2.24) is 5.16 Å². The number of carbonyl (C=O) groups is 1. The number of nitrogens with one attached hydrogen (secondary N) is 1. The summed E-state index contributed by atoms with van der Waals surface area (Å²) in [5.41, 5.74) is -0.00514. The third kappa shape index (κ3) is 1.37. The molecule has 4 heteroatoms. The second-order valence-corrected chi connectivity index (χ2v) is 2.78. The number of hydrogen-bond donors (Lipinski definition) is 1. The van der Waals surface area contributed by atoms with Crippen LogP contribution in [0.25, 0.3) is 0 Å². The quantitative estimate of drug-likeness (QED) is 0.722. The van der Waals surface area contributed by atoms with E-state index in [0.29, 0.717) is 5.56 Å². The number of H-pyrrole nitrogens is 1. The van der Waals surface area contributed by atoms with Gasteiger partial charge in [-0.2, -0.15) is 5.16 Å². The van der Waals surface area contributed by atoms with Gasteiger partial charge < -0.3 is 4.52 Å². The van der Waals surface area contributed by atoms with E-state index in [1.807, 2.05) is 0 Å². The minimum atomic E-state index is -0.501. The lowest BCUT2D eigenvalue weighted by atomic mass is 10.1. The van der Waals surface area contributed by atoms with Gasteiger partial charge in [0.1, 0.15) is 11.8 Å². The number of carbonyl (C=O) groups excluding carboxylic acids is 1. The van der Waals surface area contributed by atoms with E-state index in [1.165, 1.54) is 0 Å². The predicted molar refractivity (Wildman–Crippen MR) is 49.2 cm³/mol. The van der Waals surface area contributed by atoms with Crippen molar-refractivity contribution in [3.05, 3.63) is 58.1 Å². The Hall–Kier alpha value is -2.10. The van der Waals surface area contributed by atoms with Gasteiger partial charge in [-0.1, -0.05) is 30.3 Å². The van der Waals surface area contributed by atoms with Crippen molar-refractivity contribution in [2.24, 2.45) is 0 Å². The molecule has 0 aliphatic carbocycles. The highest BCUT2D eigenvalue weighted by Gasteiger charge is 2.13. The molecule has 0 unspecified atom stereocenters. The third-order valence-electron chi connectivity index (χ3n) is 1.85. The smallest absolute Gasteiger partial charge is 0.291 e. The molecule has 1 heterocycles. The fourth-order valence-corrected chi connectivity index (χ4v) is 1.15. The van der Waals surface area contributed by atoms with Gasteiger partial charge in [0.05, 0.1) is 0 Å². The molecule has 14 heavy (non-hydrogen) atoms. The van der Waals surface area contributed by atoms with Crippen LogP contribution in [0.4, 0.5) is 0 Å². The molecular weight excluding hydrogens is 182 g/mol. The van der Waals surface area contributed by atoms with E-state index in [0.717, 1.165) is 6.26 Å². The second kappa shape index (κ2) is 3.33. The van der Waals surface area contributed by atoms with E-state index in [4.69, 9.17) is 0 Å². The first-order valence-electron chi connectivity index (χ1n) is 4.05. The van der Waals surface area contributed by atoms with Gasteiger partial charge in [0.2, 0.25) is 5.78 Å². The largest absolute Gasteiger partial charge is 0.386 e. The molecule has 0 radical (unpaired) electrons. The van der Waals surface area contributed by atoms with Crippen molar-refractivity contribution in [1.29, 1.82) is 0 Å². The van der Waals surface area contributed by atoms with Crippen LogP contribution in [0.5, 0.6) is 0 Å². The van der Waals surface area contributed by atoms with Crippen LogP contribution in [0.1, 0.15) is 15.9 Å². The number of aromatic nitrogens is 1.